The monoisotopic (exact) mass is 1110 g/mol. The van der Waals surface area contributed by atoms with Crippen LogP contribution in [0.1, 0.15) is 367 Å². The lowest BCUT2D eigenvalue weighted by atomic mass is 10.0. The average molecular weight is 1110 g/mol. The van der Waals surface area contributed by atoms with Crippen LogP contribution in [0.25, 0.3) is 0 Å². The van der Waals surface area contributed by atoms with Gasteiger partial charge in [-0.1, -0.05) is 345 Å². The summed E-state index contributed by atoms with van der Waals surface area (Å²) in [6, 6.07) is 0. The zero-order valence-corrected chi connectivity index (χ0v) is 52.9. The van der Waals surface area contributed by atoms with Crippen LogP contribution in [0.3, 0.4) is 0 Å². The molecule has 0 aromatic rings. The van der Waals surface area contributed by atoms with Crippen molar-refractivity contribution in [1.82, 2.24) is 0 Å². The maximum Gasteiger partial charge on any atom is 0.306 e. The van der Waals surface area contributed by atoms with Crippen LogP contribution in [0, 0.1) is 0 Å². The topological polar surface area (TPSA) is 78.9 Å². The normalized spacial score (nSPS) is 12.4. The van der Waals surface area contributed by atoms with Gasteiger partial charge in [-0.3, -0.25) is 14.4 Å². The van der Waals surface area contributed by atoms with Crippen molar-refractivity contribution in [3.05, 3.63) is 60.8 Å². The first-order chi connectivity index (χ1) is 39.0. The van der Waals surface area contributed by atoms with E-state index in [0.717, 1.165) is 96.3 Å². The van der Waals surface area contributed by atoms with E-state index in [-0.39, 0.29) is 31.1 Å². The zero-order chi connectivity index (χ0) is 57.1. The minimum atomic E-state index is -0.775. The Kier molecular flexibility index (Phi) is 65.1. The second-order valence-electron chi connectivity index (χ2n) is 23.4. The summed E-state index contributed by atoms with van der Waals surface area (Å²) in [6.45, 7) is 6.59. The molecule has 0 bridgehead atoms. The van der Waals surface area contributed by atoms with Crippen molar-refractivity contribution in [2.75, 3.05) is 13.2 Å². The van der Waals surface area contributed by atoms with Crippen LogP contribution in [-0.2, 0) is 28.6 Å². The van der Waals surface area contributed by atoms with Crippen LogP contribution in [0.2, 0.25) is 0 Å². The predicted octanol–water partition coefficient (Wildman–Crippen LogP) is 23.9. The number of allylic oxidation sites excluding steroid dienone is 10. The highest BCUT2D eigenvalue weighted by Gasteiger charge is 2.19. The SMILES string of the molecule is CC/C=C\C/C=C\C/C=C\C/C=C\C/C=C\CCCCCCCCCCCC(=O)OCC(COC(=O)CCCCCCCCCCCCCCCCCCCC)OC(=O)CCCCCCCCCCCCCCCCCCCC. The van der Waals surface area contributed by atoms with E-state index in [9.17, 15) is 14.4 Å². The van der Waals surface area contributed by atoms with E-state index in [1.165, 1.54) is 231 Å². The quantitative estimate of drug-likeness (QED) is 0.0261. The fraction of sp³-hybridized carbons (Fsp3) is 0.822. The lowest BCUT2D eigenvalue weighted by Gasteiger charge is -2.18. The van der Waals surface area contributed by atoms with Crippen LogP contribution in [0.15, 0.2) is 60.8 Å². The maximum atomic E-state index is 13.0. The molecule has 0 fully saturated rings. The van der Waals surface area contributed by atoms with E-state index in [1.54, 1.807) is 0 Å². The minimum absolute atomic E-state index is 0.0700. The van der Waals surface area contributed by atoms with E-state index >= 15 is 0 Å². The van der Waals surface area contributed by atoms with Gasteiger partial charge in [-0.2, -0.15) is 0 Å². The Labute approximate surface area is 491 Å². The first-order valence-corrected chi connectivity index (χ1v) is 34.8. The van der Waals surface area contributed by atoms with E-state index < -0.39 is 6.10 Å². The molecular formula is C73H132O6. The summed E-state index contributed by atoms with van der Waals surface area (Å²) in [6.07, 6.45) is 86.6. The Morgan fingerprint density at radius 3 is 0.772 bits per heavy atom. The summed E-state index contributed by atoms with van der Waals surface area (Å²) >= 11 is 0. The number of ether oxygens (including phenoxy) is 3. The summed E-state index contributed by atoms with van der Waals surface area (Å²) in [7, 11) is 0. The van der Waals surface area contributed by atoms with Gasteiger partial charge >= 0.3 is 17.9 Å². The fourth-order valence-corrected chi connectivity index (χ4v) is 10.4. The number of hydrogen-bond acceptors (Lipinski definition) is 6. The second kappa shape index (κ2) is 67.6. The highest BCUT2D eigenvalue weighted by atomic mass is 16.6. The summed E-state index contributed by atoms with van der Waals surface area (Å²) in [5, 5.41) is 0. The van der Waals surface area contributed by atoms with Gasteiger partial charge < -0.3 is 14.2 Å². The van der Waals surface area contributed by atoms with Gasteiger partial charge in [0.1, 0.15) is 13.2 Å². The predicted molar refractivity (Wildman–Crippen MR) is 344 cm³/mol. The summed E-state index contributed by atoms with van der Waals surface area (Å²) in [5.74, 6) is -0.849. The van der Waals surface area contributed by atoms with Crippen molar-refractivity contribution in [2.45, 2.75) is 374 Å². The largest absolute Gasteiger partial charge is 0.462 e. The van der Waals surface area contributed by atoms with Crippen molar-refractivity contribution >= 4 is 17.9 Å². The number of carbonyl (C=O) groups excluding carboxylic acids is 3. The van der Waals surface area contributed by atoms with Gasteiger partial charge in [0.15, 0.2) is 6.10 Å². The Morgan fingerprint density at radius 2 is 0.494 bits per heavy atom. The van der Waals surface area contributed by atoms with Crippen molar-refractivity contribution in [2.24, 2.45) is 0 Å². The number of rotatable bonds is 64. The molecule has 6 nitrogen and oxygen atoms in total. The van der Waals surface area contributed by atoms with Crippen molar-refractivity contribution in [3.8, 4) is 0 Å². The molecule has 0 rings (SSSR count). The summed E-state index contributed by atoms with van der Waals surface area (Å²) in [4.78, 5) is 38.5. The molecule has 0 N–H and O–H groups in total. The molecule has 1 atom stereocenters. The molecule has 0 spiro atoms. The number of esters is 3. The molecule has 0 amide bonds. The Hall–Kier alpha value is -2.89. The maximum absolute atomic E-state index is 13.0. The molecule has 0 aromatic heterocycles. The molecular weight excluding hydrogens is 973 g/mol. The van der Waals surface area contributed by atoms with Gasteiger partial charge in [-0.15, -0.1) is 0 Å². The molecule has 0 heterocycles. The molecule has 79 heavy (non-hydrogen) atoms. The van der Waals surface area contributed by atoms with Gasteiger partial charge in [0.05, 0.1) is 0 Å². The first-order valence-electron chi connectivity index (χ1n) is 34.8. The van der Waals surface area contributed by atoms with Gasteiger partial charge in [-0.05, 0) is 64.2 Å². The van der Waals surface area contributed by atoms with E-state index in [1.807, 2.05) is 0 Å². The van der Waals surface area contributed by atoms with Gasteiger partial charge in [0, 0.05) is 19.3 Å². The second-order valence-corrected chi connectivity index (χ2v) is 23.4. The molecule has 1 unspecified atom stereocenters. The lowest BCUT2D eigenvalue weighted by molar-refractivity contribution is -0.167. The number of unbranched alkanes of at least 4 members (excludes halogenated alkanes) is 43. The average Bonchev–Trinajstić information content (AvgIpc) is 3.45. The molecule has 6 heteroatoms. The van der Waals surface area contributed by atoms with Crippen molar-refractivity contribution < 1.29 is 28.6 Å². The van der Waals surface area contributed by atoms with Crippen molar-refractivity contribution in [3.63, 3.8) is 0 Å². The van der Waals surface area contributed by atoms with Gasteiger partial charge in [0.2, 0.25) is 0 Å². The van der Waals surface area contributed by atoms with E-state index in [4.69, 9.17) is 14.2 Å². The molecule has 0 aliphatic heterocycles. The molecule has 0 aromatic carbocycles. The highest BCUT2D eigenvalue weighted by Crippen LogP contribution is 2.18. The Balaban J connectivity index is 4.32. The number of hydrogen-bond donors (Lipinski definition) is 0. The minimum Gasteiger partial charge on any atom is -0.462 e. The van der Waals surface area contributed by atoms with E-state index in [0.29, 0.717) is 19.3 Å². The summed E-state index contributed by atoms with van der Waals surface area (Å²) in [5.41, 5.74) is 0. The standard InChI is InChI=1S/C73H132O6/c1-4-7-10-13-16-19-22-25-28-31-34-35-36-37-38-39-40-43-45-48-51-54-57-60-63-66-72(75)78-69-70(79-73(76)67-64-61-58-55-52-49-46-42-33-30-27-24-21-18-15-12-9-6-3)68-77-71(74)65-62-59-56-53-50-47-44-41-32-29-26-23-20-17-14-11-8-5-2/h7,10,16,19,25,28,34-35,37-38,70H,4-6,8-9,11-15,17-18,20-24,26-27,29-33,36,39-69H2,1-3H3/b10-7-,19-16-,28-25-,35-34-,38-37-. The van der Waals surface area contributed by atoms with E-state index in [2.05, 4.69) is 81.5 Å². The van der Waals surface area contributed by atoms with Gasteiger partial charge in [-0.25, -0.2) is 0 Å². The first kappa shape index (κ1) is 76.1. The summed E-state index contributed by atoms with van der Waals surface area (Å²) < 4.78 is 17.0. The van der Waals surface area contributed by atoms with Crippen LogP contribution in [0.4, 0.5) is 0 Å². The van der Waals surface area contributed by atoms with Crippen LogP contribution >= 0.6 is 0 Å². The van der Waals surface area contributed by atoms with Crippen LogP contribution < -0.4 is 0 Å². The smallest absolute Gasteiger partial charge is 0.306 e. The molecule has 0 aliphatic rings. The van der Waals surface area contributed by atoms with Crippen molar-refractivity contribution in [1.29, 1.82) is 0 Å². The third kappa shape index (κ3) is 65.8. The zero-order valence-electron chi connectivity index (χ0n) is 52.9. The molecule has 460 valence electrons. The van der Waals surface area contributed by atoms with Crippen LogP contribution in [0.5, 0.6) is 0 Å². The lowest BCUT2D eigenvalue weighted by Crippen LogP contribution is -2.30. The molecule has 0 aliphatic carbocycles. The molecule has 0 saturated heterocycles. The Bertz CT molecular complexity index is 1410. The third-order valence-corrected chi connectivity index (χ3v) is 15.5. The molecule has 0 radical (unpaired) electrons. The number of carbonyl (C=O) groups is 3. The highest BCUT2D eigenvalue weighted by molar-refractivity contribution is 5.71. The Morgan fingerprint density at radius 1 is 0.266 bits per heavy atom. The van der Waals surface area contributed by atoms with Gasteiger partial charge in [0.25, 0.3) is 0 Å². The molecule has 0 saturated carbocycles. The fourth-order valence-electron chi connectivity index (χ4n) is 10.4. The van der Waals surface area contributed by atoms with Crippen LogP contribution in [-0.4, -0.2) is 37.2 Å². The third-order valence-electron chi connectivity index (χ3n) is 15.5.